The van der Waals surface area contributed by atoms with E-state index in [1.165, 1.54) is 5.56 Å². The molecule has 1 fully saturated rings. The van der Waals surface area contributed by atoms with Crippen LogP contribution in [-0.4, -0.2) is 18.0 Å². The average Bonchev–Trinajstić information content (AvgIpc) is 2.99. The van der Waals surface area contributed by atoms with Crippen molar-refractivity contribution in [3.05, 3.63) is 71.3 Å². The highest BCUT2D eigenvalue weighted by atomic mass is 15.2. The van der Waals surface area contributed by atoms with Crippen LogP contribution in [0.15, 0.2) is 54.6 Å². The fraction of sp³-hybridized carbons (Fsp3) is 0.263. The lowest BCUT2D eigenvalue weighted by Crippen LogP contribution is -2.20. The van der Waals surface area contributed by atoms with E-state index in [0.29, 0.717) is 5.56 Å². The van der Waals surface area contributed by atoms with Crippen LogP contribution < -0.4 is 0 Å². The molecule has 0 saturated carbocycles. The van der Waals surface area contributed by atoms with E-state index < -0.39 is 0 Å². The number of nitrogens with zero attached hydrogens (tertiary/aromatic N) is 3. The standard InChI is InChI=1S/C19H17N3/c20-10-16-7-4-8-17(9-16)19-14-22(13-18(19)11-21)12-15-5-2-1-3-6-15/h1-9,18-19H,12-14H2/t18-,19+/m0/s1. The fourth-order valence-corrected chi connectivity index (χ4v) is 3.16. The molecule has 1 heterocycles. The third kappa shape index (κ3) is 3.01. The molecule has 1 saturated heterocycles. The summed E-state index contributed by atoms with van der Waals surface area (Å²) in [5.74, 6) is 0.166. The minimum absolute atomic E-state index is 0.0161. The van der Waals surface area contributed by atoms with Gasteiger partial charge >= 0.3 is 0 Å². The molecule has 0 spiro atoms. The predicted molar refractivity (Wildman–Crippen MR) is 84.7 cm³/mol. The summed E-state index contributed by atoms with van der Waals surface area (Å²) in [6.07, 6.45) is 0. The quantitative estimate of drug-likeness (QED) is 0.870. The first kappa shape index (κ1) is 14.3. The van der Waals surface area contributed by atoms with E-state index in [4.69, 9.17) is 5.26 Å². The zero-order valence-corrected chi connectivity index (χ0v) is 12.3. The average molecular weight is 287 g/mol. The van der Waals surface area contributed by atoms with Gasteiger partial charge in [0.2, 0.25) is 0 Å². The molecule has 3 nitrogen and oxygen atoms in total. The third-order valence-electron chi connectivity index (χ3n) is 4.25. The lowest BCUT2D eigenvalue weighted by Gasteiger charge is -2.16. The molecule has 3 rings (SSSR count). The highest BCUT2D eigenvalue weighted by Crippen LogP contribution is 2.33. The Balaban J connectivity index is 1.78. The maximum Gasteiger partial charge on any atom is 0.0991 e. The van der Waals surface area contributed by atoms with Crippen molar-refractivity contribution in [2.45, 2.75) is 12.5 Å². The summed E-state index contributed by atoms with van der Waals surface area (Å²) in [6.45, 7) is 2.52. The van der Waals surface area contributed by atoms with Crippen LogP contribution in [0.1, 0.15) is 22.6 Å². The number of likely N-dealkylation sites (tertiary alicyclic amines) is 1. The van der Waals surface area contributed by atoms with Gasteiger partial charge in [0, 0.05) is 25.6 Å². The second-order valence-corrected chi connectivity index (χ2v) is 5.76. The monoisotopic (exact) mass is 287 g/mol. The van der Waals surface area contributed by atoms with Crippen LogP contribution in [-0.2, 0) is 6.54 Å². The van der Waals surface area contributed by atoms with Crippen molar-refractivity contribution < 1.29 is 0 Å². The number of rotatable bonds is 3. The Hall–Kier alpha value is -2.62. The molecule has 2 aromatic carbocycles. The minimum Gasteiger partial charge on any atom is -0.297 e. The highest BCUT2D eigenvalue weighted by Gasteiger charge is 2.33. The molecule has 0 aliphatic carbocycles. The van der Waals surface area contributed by atoms with Crippen LogP contribution in [0.4, 0.5) is 0 Å². The van der Waals surface area contributed by atoms with E-state index in [9.17, 15) is 5.26 Å². The first-order chi connectivity index (χ1) is 10.8. The maximum atomic E-state index is 9.47. The molecule has 1 aliphatic heterocycles. The van der Waals surface area contributed by atoms with Gasteiger partial charge < -0.3 is 0 Å². The molecule has 3 heteroatoms. The van der Waals surface area contributed by atoms with Gasteiger partial charge in [-0.25, -0.2) is 0 Å². The number of benzene rings is 2. The van der Waals surface area contributed by atoms with Crippen LogP contribution in [0.3, 0.4) is 0 Å². The molecule has 22 heavy (non-hydrogen) atoms. The van der Waals surface area contributed by atoms with Crippen molar-refractivity contribution in [2.24, 2.45) is 5.92 Å². The second-order valence-electron chi connectivity index (χ2n) is 5.76. The Kier molecular flexibility index (Phi) is 4.19. The van der Waals surface area contributed by atoms with Crippen LogP contribution in [0, 0.1) is 28.6 Å². The van der Waals surface area contributed by atoms with Crippen molar-refractivity contribution in [2.75, 3.05) is 13.1 Å². The summed E-state index contributed by atoms with van der Waals surface area (Å²) in [7, 11) is 0. The summed E-state index contributed by atoms with van der Waals surface area (Å²) in [5, 5.41) is 18.5. The first-order valence-corrected chi connectivity index (χ1v) is 7.46. The summed E-state index contributed by atoms with van der Waals surface area (Å²) >= 11 is 0. The van der Waals surface area contributed by atoms with Crippen LogP contribution >= 0.6 is 0 Å². The van der Waals surface area contributed by atoms with Crippen molar-refractivity contribution >= 4 is 0 Å². The predicted octanol–water partition coefficient (Wildman–Crippen LogP) is 3.30. The normalized spacial score (nSPS) is 21.2. The Morgan fingerprint density at radius 2 is 1.82 bits per heavy atom. The Morgan fingerprint density at radius 1 is 1.00 bits per heavy atom. The lowest BCUT2D eigenvalue weighted by atomic mass is 9.89. The van der Waals surface area contributed by atoms with Gasteiger partial charge in [0.15, 0.2) is 0 Å². The van der Waals surface area contributed by atoms with Crippen molar-refractivity contribution in [1.82, 2.24) is 4.90 Å². The second kappa shape index (κ2) is 6.43. The molecule has 1 aliphatic rings. The SMILES string of the molecule is N#Cc1cccc([C@H]2CN(Cc3ccccc3)C[C@@H]2C#N)c1. The smallest absolute Gasteiger partial charge is 0.0991 e. The molecule has 0 aromatic heterocycles. The molecule has 0 N–H and O–H groups in total. The molecule has 108 valence electrons. The molecule has 2 atom stereocenters. The highest BCUT2D eigenvalue weighted by molar-refractivity contribution is 5.36. The molecule has 0 bridgehead atoms. The van der Waals surface area contributed by atoms with E-state index in [-0.39, 0.29) is 11.8 Å². The van der Waals surface area contributed by atoms with E-state index in [1.54, 1.807) is 0 Å². The molecule has 2 aromatic rings. The first-order valence-electron chi connectivity index (χ1n) is 7.46. The number of hydrogen-bond acceptors (Lipinski definition) is 3. The van der Waals surface area contributed by atoms with E-state index >= 15 is 0 Å². The van der Waals surface area contributed by atoms with Gasteiger partial charge in [-0.15, -0.1) is 0 Å². The topological polar surface area (TPSA) is 50.8 Å². The third-order valence-corrected chi connectivity index (χ3v) is 4.25. The lowest BCUT2D eigenvalue weighted by molar-refractivity contribution is 0.322. The van der Waals surface area contributed by atoms with E-state index in [2.05, 4.69) is 29.2 Å². The Morgan fingerprint density at radius 3 is 2.55 bits per heavy atom. The molecule has 0 radical (unpaired) electrons. The van der Waals surface area contributed by atoms with E-state index in [0.717, 1.165) is 25.2 Å². The Labute approximate surface area is 131 Å². The zero-order valence-electron chi connectivity index (χ0n) is 12.3. The van der Waals surface area contributed by atoms with Gasteiger partial charge in [0.1, 0.15) is 0 Å². The van der Waals surface area contributed by atoms with Gasteiger partial charge in [-0.3, -0.25) is 4.90 Å². The van der Waals surface area contributed by atoms with Gasteiger partial charge in [0.25, 0.3) is 0 Å². The van der Waals surface area contributed by atoms with Crippen LogP contribution in [0.25, 0.3) is 0 Å². The molecule has 0 amide bonds. The minimum atomic E-state index is -0.0161. The van der Waals surface area contributed by atoms with Gasteiger partial charge in [-0.1, -0.05) is 42.5 Å². The van der Waals surface area contributed by atoms with Crippen LogP contribution in [0.2, 0.25) is 0 Å². The van der Waals surface area contributed by atoms with Gasteiger partial charge in [-0.05, 0) is 23.3 Å². The molecular formula is C19H17N3. The van der Waals surface area contributed by atoms with Gasteiger partial charge in [-0.2, -0.15) is 10.5 Å². The number of nitriles is 2. The van der Waals surface area contributed by atoms with Gasteiger partial charge in [0.05, 0.1) is 23.6 Å². The summed E-state index contributed by atoms with van der Waals surface area (Å²) in [4.78, 5) is 2.33. The summed E-state index contributed by atoms with van der Waals surface area (Å²) in [6, 6.07) is 22.6. The number of hydrogen-bond donors (Lipinski definition) is 0. The van der Waals surface area contributed by atoms with Crippen LogP contribution in [0.5, 0.6) is 0 Å². The Bertz CT molecular complexity index is 724. The fourth-order valence-electron chi connectivity index (χ4n) is 3.16. The largest absolute Gasteiger partial charge is 0.297 e. The van der Waals surface area contributed by atoms with Crippen molar-refractivity contribution in [3.8, 4) is 12.1 Å². The molecule has 0 unspecified atom stereocenters. The zero-order chi connectivity index (χ0) is 15.4. The molecular weight excluding hydrogens is 270 g/mol. The summed E-state index contributed by atoms with van der Waals surface area (Å²) < 4.78 is 0. The van der Waals surface area contributed by atoms with Crippen molar-refractivity contribution in [1.29, 1.82) is 10.5 Å². The maximum absolute atomic E-state index is 9.47. The summed E-state index contributed by atoms with van der Waals surface area (Å²) in [5.41, 5.74) is 3.03. The van der Waals surface area contributed by atoms with Crippen molar-refractivity contribution in [3.63, 3.8) is 0 Å². The van der Waals surface area contributed by atoms with E-state index in [1.807, 2.05) is 42.5 Å².